The smallest absolute Gasteiger partial charge is 0.159 e. The first-order valence-electron chi connectivity index (χ1n) is 4.85. The summed E-state index contributed by atoms with van der Waals surface area (Å²) >= 11 is 0. The second-order valence-electron chi connectivity index (χ2n) is 3.15. The molecule has 0 rings (SSSR count). The van der Waals surface area contributed by atoms with Gasteiger partial charge in [-0.05, 0) is 12.8 Å². The number of unbranched alkanes of at least 4 members (excludes halogenated alkanes) is 1. The number of ether oxygens (including phenoxy) is 2. The standard InChI is InChI=1S/C10H22O2.H2O/c1-5-7-8-9(6-2)10(11-3)12-4;/h9-10H,5-8H2,1-4H3;1H2. The van der Waals surface area contributed by atoms with E-state index in [4.69, 9.17) is 9.47 Å². The Kier molecular flexibility index (Phi) is 11.8. The summed E-state index contributed by atoms with van der Waals surface area (Å²) in [7, 11) is 3.42. The summed E-state index contributed by atoms with van der Waals surface area (Å²) in [6.07, 6.45) is 4.84. The highest BCUT2D eigenvalue weighted by Crippen LogP contribution is 2.19. The molecule has 0 aromatic rings. The van der Waals surface area contributed by atoms with Crippen molar-refractivity contribution in [3.05, 3.63) is 0 Å². The number of methoxy groups -OCH3 is 2. The molecule has 2 N–H and O–H groups in total. The summed E-state index contributed by atoms with van der Waals surface area (Å²) in [4.78, 5) is 0. The zero-order valence-corrected chi connectivity index (χ0v) is 9.30. The molecule has 0 amide bonds. The molecule has 82 valence electrons. The van der Waals surface area contributed by atoms with Crippen molar-refractivity contribution in [3.63, 3.8) is 0 Å². The monoisotopic (exact) mass is 192 g/mol. The highest BCUT2D eigenvalue weighted by atomic mass is 16.7. The molecule has 0 aromatic carbocycles. The molecule has 1 atom stereocenters. The average Bonchev–Trinajstić information content (AvgIpc) is 2.12. The van der Waals surface area contributed by atoms with Crippen LogP contribution in [0, 0.1) is 5.92 Å². The Balaban J connectivity index is 0. The minimum atomic E-state index is -0.0125. The summed E-state index contributed by atoms with van der Waals surface area (Å²) < 4.78 is 10.5. The highest BCUT2D eigenvalue weighted by molar-refractivity contribution is 4.60. The van der Waals surface area contributed by atoms with Crippen molar-refractivity contribution in [1.29, 1.82) is 0 Å². The lowest BCUT2D eigenvalue weighted by atomic mass is 9.99. The third-order valence-electron chi connectivity index (χ3n) is 2.30. The fourth-order valence-electron chi connectivity index (χ4n) is 1.48. The normalized spacial score (nSPS) is 12.7. The van der Waals surface area contributed by atoms with Gasteiger partial charge in [0.15, 0.2) is 6.29 Å². The Morgan fingerprint density at radius 3 is 1.92 bits per heavy atom. The maximum atomic E-state index is 5.23. The predicted molar refractivity (Wildman–Crippen MR) is 54.7 cm³/mol. The van der Waals surface area contributed by atoms with Crippen molar-refractivity contribution in [2.45, 2.75) is 45.8 Å². The van der Waals surface area contributed by atoms with Crippen molar-refractivity contribution in [1.82, 2.24) is 0 Å². The van der Waals surface area contributed by atoms with Crippen LogP contribution in [0.5, 0.6) is 0 Å². The van der Waals surface area contributed by atoms with Crippen LogP contribution in [-0.2, 0) is 9.47 Å². The zero-order chi connectivity index (χ0) is 9.40. The largest absolute Gasteiger partial charge is 0.412 e. The van der Waals surface area contributed by atoms with E-state index >= 15 is 0 Å². The molecule has 3 heteroatoms. The van der Waals surface area contributed by atoms with Crippen molar-refractivity contribution in [2.75, 3.05) is 14.2 Å². The van der Waals surface area contributed by atoms with Gasteiger partial charge in [0.1, 0.15) is 0 Å². The molecule has 0 heterocycles. The Hall–Kier alpha value is -0.120. The molecule has 0 spiro atoms. The predicted octanol–water partition coefficient (Wildman–Crippen LogP) is 2.00. The van der Waals surface area contributed by atoms with Crippen molar-refractivity contribution in [2.24, 2.45) is 5.92 Å². The second-order valence-corrected chi connectivity index (χ2v) is 3.15. The Bertz CT molecular complexity index is 92.2. The zero-order valence-electron chi connectivity index (χ0n) is 9.30. The van der Waals surface area contributed by atoms with Gasteiger partial charge in [0, 0.05) is 20.1 Å². The van der Waals surface area contributed by atoms with Gasteiger partial charge in [0.2, 0.25) is 0 Å². The summed E-state index contributed by atoms with van der Waals surface area (Å²) in [5, 5.41) is 0. The van der Waals surface area contributed by atoms with E-state index in [0.717, 1.165) is 6.42 Å². The van der Waals surface area contributed by atoms with Crippen LogP contribution in [0.4, 0.5) is 0 Å². The molecule has 1 unspecified atom stereocenters. The Morgan fingerprint density at radius 2 is 1.62 bits per heavy atom. The lowest BCUT2D eigenvalue weighted by Crippen LogP contribution is -2.24. The van der Waals surface area contributed by atoms with Gasteiger partial charge in [-0.25, -0.2) is 0 Å². The minimum Gasteiger partial charge on any atom is -0.412 e. The Labute approximate surface area is 81.7 Å². The first-order valence-corrected chi connectivity index (χ1v) is 4.85. The molecule has 0 saturated carbocycles. The quantitative estimate of drug-likeness (QED) is 0.579. The van der Waals surface area contributed by atoms with Gasteiger partial charge in [-0.3, -0.25) is 0 Å². The molecule has 0 aliphatic carbocycles. The number of rotatable bonds is 7. The van der Waals surface area contributed by atoms with Gasteiger partial charge in [-0.1, -0.05) is 26.7 Å². The fourth-order valence-corrected chi connectivity index (χ4v) is 1.48. The van der Waals surface area contributed by atoms with E-state index in [1.165, 1.54) is 19.3 Å². The summed E-state index contributed by atoms with van der Waals surface area (Å²) in [6.45, 7) is 4.40. The molecule has 0 aliphatic heterocycles. The van der Waals surface area contributed by atoms with Crippen LogP contribution in [0.2, 0.25) is 0 Å². The number of hydrogen-bond acceptors (Lipinski definition) is 2. The van der Waals surface area contributed by atoms with Crippen LogP contribution >= 0.6 is 0 Å². The SMILES string of the molecule is CCCCC(CC)C(OC)OC.O. The van der Waals surface area contributed by atoms with Gasteiger partial charge in [-0.15, -0.1) is 0 Å². The topological polar surface area (TPSA) is 50.0 Å². The molecule has 0 aliphatic rings. The fraction of sp³-hybridized carbons (Fsp3) is 1.00. The number of hydrogen-bond donors (Lipinski definition) is 0. The summed E-state index contributed by atoms with van der Waals surface area (Å²) in [5.74, 6) is 0.556. The minimum absolute atomic E-state index is 0. The van der Waals surface area contributed by atoms with Gasteiger partial charge in [0.05, 0.1) is 0 Å². The molecule has 0 bridgehead atoms. The Morgan fingerprint density at radius 1 is 1.08 bits per heavy atom. The van der Waals surface area contributed by atoms with E-state index in [0.29, 0.717) is 5.92 Å². The van der Waals surface area contributed by atoms with Crippen LogP contribution in [0.3, 0.4) is 0 Å². The van der Waals surface area contributed by atoms with E-state index in [1.54, 1.807) is 14.2 Å². The summed E-state index contributed by atoms with van der Waals surface area (Å²) in [5.41, 5.74) is 0. The molecule has 0 aromatic heterocycles. The molecule has 0 saturated heterocycles. The van der Waals surface area contributed by atoms with E-state index in [-0.39, 0.29) is 11.8 Å². The van der Waals surface area contributed by atoms with Gasteiger partial charge in [0.25, 0.3) is 0 Å². The van der Waals surface area contributed by atoms with E-state index in [2.05, 4.69) is 13.8 Å². The van der Waals surface area contributed by atoms with Gasteiger partial charge < -0.3 is 14.9 Å². The van der Waals surface area contributed by atoms with Crippen molar-refractivity contribution >= 4 is 0 Å². The molecular formula is C10H24O3. The van der Waals surface area contributed by atoms with E-state index in [1.807, 2.05) is 0 Å². The summed E-state index contributed by atoms with van der Waals surface area (Å²) in [6, 6.07) is 0. The van der Waals surface area contributed by atoms with E-state index in [9.17, 15) is 0 Å². The van der Waals surface area contributed by atoms with E-state index < -0.39 is 0 Å². The van der Waals surface area contributed by atoms with Crippen molar-refractivity contribution in [3.8, 4) is 0 Å². The molecule has 0 radical (unpaired) electrons. The van der Waals surface area contributed by atoms with Crippen LogP contribution in [0.15, 0.2) is 0 Å². The first-order chi connectivity index (χ1) is 5.79. The lowest BCUT2D eigenvalue weighted by Gasteiger charge is -2.23. The average molecular weight is 192 g/mol. The molecule has 3 nitrogen and oxygen atoms in total. The third-order valence-corrected chi connectivity index (χ3v) is 2.30. The lowest BCUT2D eigenvalue weighted by molar-refractivity contribution is -0.139. The van der Waals surface area contributed by atoms with Crippen LogP contribution < -0.4 is 0 Å². The maximum Gasteiger partial charge on any atom is 0.159 e. The second kappa shape index (κ2) is 9.96. The molecular weight excluding hydrogens is 168 g/mol. The van der Waals surface area contributed by atoms with Gasteiger partial charge >= 0.3 is 0 Å². The van der Waals surface area contributed by atoms with Crippen LogP contribution in [-0.4, -0.2) is 26.0 Å². The van der Waals surface area contributed by atoms with Gasteiger partial charge in [-0.2, -0.15) is 0 Å². The maximum absolute atomic E-state index is 5.23. The first kappa shape index (κ1) is 15.4. The van der Waals surface area contributed by atoms with Crippen molar-refractivity contribution < 1.29 is 14.9 Å². The third kappa shape index (κ3) is 6.02. The molecule has 0 fully saturated rings. The highest BCUT2D eigenvalue weighted by Gasteiger charge is 2.17. The van der Waals surface area contributed by atoms with Crippen LogP contribution in [0.25, 0.3) is 0 Å². The van der Waals surface area contributed by atoms with Crippen LogP contribution in [0.1, 0.15) is 39.5 Å². The molecule has 13 heavy (non-hydrogen) atoms.